The lowest BCUT2D eigenvalue weighted by Crippen LogP contribution is -2.49. The average Bonchev–Trinajstić information content (AvgIpc) is 2.75. The summed E-state index contributed by atoms with van der Waals surface area (Å²) < 4.78 is 29.0. The Balaban J connectivity index is 1.57. The summed E-state index contributed by atoms with van der Waals surface area (Å²) in [6.07, 6.45) is 1.56. The summed E-state index contributed by atoms with van der Waals surface area (Å²) in [5, 5.41) is 5.63. The molecule has 1 aliphatic rings. The number of nitrogens with zero attached hydrogens (tertiary/aromatic N) is 1. The number of carbonyl (C=O) groups excluding carboxylic acids is 2. The van der Waals surface area contributed by atoms with Crippen LogP contribution in [0.3, 0.4) is 0 Å². The van der Waals surface area contributed by atoms with Gasteiger partial charge in [-0.2, -0.15) is 8.78 Å². The van der Waals surface area contributed by atoms with E-state index in [-0.39, 0.29) is 28.5 Å². The zero-order valence-electron chi connectivity index (χ0n) is 17.0. The number of hydrogen-bond acceptors (Lipinski definition) is 4. The SMILES string of the molecule is C[C@H](C(=O)Nc1ccc(OC(F)F)c(Cl)c1)N1CCC[C@H](C(=O)Nc2ccccc2)C1. The van der Waals surface area contributed by atoms with Gasteiger partial charge in [0, 0.05) is 17.9 Å². The molecule has 0 saturated carbocycles. The second-order valence-corrected chi connectivity index (χ2v) is 7.79. The van der Waals surface area contributed by atoms with Gasteiger partial charge in [0.15, 0.2) is 0 Å². The molecular weight excluding hydrogens is 428 g/mol. The molecule has 2 amide bonds. The molecule has 2 aromatic rings. The van der Waals surface area contributed by atoms with Crippen LogP contribution in [0.1, 0.15) is 19.8 Å². The summed E-state index contributed by atoms with van der Waals surface area (Å²) in [4.78, 5) is 27.3. The molecule has 0 unspecified atom stereocenters. The van der Waals surface area contributed by atoms with E-state index in [1.54, 1.807) is 6.92 Å². The van der Waals surface area contributed by atoms with Gasteiger partial charge in [-0.05, 0) is 56.6 Å². The van der Waals surface area contributed by atoms with Gasteiger partial charge in [0.1, 0.15) is 5.75 Å². The Bertz CT molecular complexity index is 914. The number of rotatable bonds is 7. The molecule has 9 heteroatoms. The fourth-order valence-electron chi connectivity index (χ4n) is 3.52. The van der Waals surface area contributed by atoms with E-state index in [4.69, 9.17) is 11.6 Å². The summed E-state index contributed by atoms with van der Waals surface area (Å²) >= 11 is 5.94. The van der Waals surface area contributed by atoms with Crippen molar-refractivity contribution in [2.75, 3.05) is 23.7 Å². The van der Waals surface area contributed by atoms with Gasteiger partial charge in [-0.3, -0.25) is 14.5 Å². The number of amides is 2. The highest BCUT2D eigenvalue weighted by molar-refractivity contribution is 6.32. The molecule has 0 radical (unpaired) electrons. The second-order valence-electron chi connectivity index (χ2n) is 7.38. The van der Waals surface area contributed by atoms with E-state index >= 15 is 0 Å². The van der Waals surface area contributed by atoms with E-state index < -0.39 is 12.7 Å². The standard InChI is InChI=1S/C22H24ClF2N3O3/c1-14(20(29)27-17-9-10-19(18(23)12-17)31-22(24)25)28-11-5-6-15(13-28)21(30)26-16-7-3-2-4-8-16/h2-4,7-10,12,14-15,22H,5-6,11,13H2,1H3,(H,26,30)(H,27,29)/t14-,15+/m1/s1. The van der Waals surface area contributed by atoms with Crippen LogP contribution >= 0.6 is 11.6 Å². The predicted octanol–water partition coefficient (Wildman–Crippen LogP) is 4.62. The highest BCUT2D eigenvalue weighted by Gasteiger charge is 2.31. The lowest BCUT2D eigenvalue weighted by atomic mass is 9.95. The monoisotopic (exact) mass is 451 g/mol. The summed E-state index contributed by atoms with van der Waals surface area (Å²) in [6, 6.07) is 12.8. The Morgan fingerprint density at radius 1 is 1.13 bits per heavy atom. The van der Waals surface area contributed by atoms with Gasteiger partial charge in [-0.15, -0.1) is 0 Å². The molecule has 1 fully saturated rings. The zero-order chi connectivity index (χ0) is 22.4. The minimum absolute atomic E-state index is 0.0265. The molecule has 2 atom stereocenters. The second kappa shape index (κ2) is 10.5. The topological polar surface area (TPSA) is 70.7 Å². The first-order valence-electron chi connectivity index (χ1n) is 9.98. The number of anilines is 2. The van der Waals surface area contributed by atoms with Crippen molar-refractivity contribution in [1.82, 2.24) is 4.90 Å². The number of benzene rings is 2. The molecule has 2 aromatic carbocycles. The van der Waals surface area contributed by atoms with Gasteiger partial charge >= 0.3 is 6.61 Å². The van der Waals surface area contributed by atoms with Crippen LogP contribution in [0.5, 0.6) is 5.75 Å². The first-order chi connectivity index (χ1) is 14.8. The molecule has 31 heavy (non-hydrogen) atoms. The third kappa shape index (κ3) is 6.38. The van der Waals surface area contributed by atoms with Crippen LogP contribution in [0.4, 0.5) is 20.2 Å². The molecule has 0 aromatic heterocycles. The maximum absolute atomic E-state index is 12.7. The number of alkyl halides is 2. The molecule has 1 heterocycles. The van der Waals surface area contributed by atoms with Crippen LogP contribution in [-0.2, 0) is 9.59 Å². The summed E-state index contributed by atoms with van der Waals surface area (Å²) in [5.41, 5.74) is 1.12. The summed E-state index contributed by atoms with van der Waals surface area (Å²) in [7, 11) is 0. The Morgan fingerprint density at radius 2 is 1.87 bits per heavy atom. The molecule has 1 saturated heterocycles. The van der Waals surface area contributed by atoms with Gasteiger partial charge in [-0.1, -0.05) is 29.8 Å². The molecular formula is C22H24ClF2N3O3. The Morgan fingerprint density at radius 3 is 2.55 bits per heavy atom. The largest absolute Gasteiger partial charge is 0.433 e. The number of nitrogens with one attached hydrogen (secondary N) is 2. The fraction of sp³-hybridized carbons (Fsp3) is 0.364. The Labute approximate surface area is 184 Å². The average molecular weight is 452 g/mol. The molecule has 3 rings (SSSR count). The molecule has 2 N–H and O–H groups in total. The van der Waals surface area contributed by atoms with Crippen molar-refractivity contribution in [3.8, 4) is 5.75 Å². The van der Waals surface area contributed by atoms with Gasteiger partial charge in [0.05, 0.1) is 17.0 Å². The number of ether oxygens (including phenoxy) is 1. The number of halogens is 3. The van der Waals surface area contributed by atoms with Crippen molar-refractivity contribution in [1.29, 1.82) is 0 Å². The van der Waals surface area contributed by atoms with E-state index in [1.807, 2.05) is 35.2 Å². The van der Waals surface area contributed by atoms with Gasteiger partial charge in [-0.25, -0.2) is 0 Å². The fourth-order valence-corrected chi connectivity index (χ4v) is 3.75. The maximum Gasteiger partial charge on any atom is 0.387 e. The molecule has 0 bridgehead atoms. The van der Waals surface area contributed by atoms with Crippen molar-refractivity contribution >= 4 is 34.8 Å². The van der Waals surface area contributed by atoms with E-state index in [9.17, 15) is 18.4 Å². The first-order valence-corrected chi connectivity index (χ1v) is 10.4. The number of piperidine rings is 1. The van der Waals surface area contributed by atoms with Gasteiger partial charge in [0.25, 0.3) is 0 Å². The van der Waals surface area contributed by atoms with Crippen molar-refractivity contribution in [2.45, 2.75) is 32.4 Å². The minimum atomic E-state index is -2.98. The number of carbonyl (C=O) groups is 2. The Hall–Kier alpha value is -2.71. The Kier molecular flexibility index (Phi) is 7.81. The number of para-hydroxylation sites is 1. The molecule has 6 nitrogen and oxygen atoms in total. The zero-order valence-corrected chi connectivity index (χ0v) is 17.7. The number of hydrogen-bond donors (Lipinski definition) is 2. The van der Waals surface area contributed by atoms with Crippen LogP contribution in [0.2, 0.25) is 5.02 Å². The van der Waals surface area contributed by atoms with Crippen LogP contribution in [0.25, 0.3) is 0 Å². The quantitative estimate of drug-likeness (QED) is 0.644. The van der Waals surface area contributed by atoms with Crippen LogP contribution in [0.15, 0.2) is 48.5 Å². The number of likely N-dealkylation sites (tertiary alicyclic amines) is 1. The van der Waals surface area contributed by atoms with E-state index in [0.29, 0.717) is 18.8 Å². The molecule has 1 aliphatic heterocycles. The maximum atomic E-state index is 12.7. The normalized spacial score (nSPS) is 17.8. The van der Waals surface area contributed by atoms with Crippen LogP contribution in [0, 0.1) is 5.92 Å². The first kappa shape index (κ1) is 23.0. The van der Waals surface area contributed by atoms with Crippen LogP contribution in [-0.4, -0.2) is 42.5 Å². The smallest absolute Gasteiger partial charge is 0.387 e. The lowest BCUT2D eigenvalue weighted by molar-refractivity contribution is -0.125. The third-order valence-electron chi connectivity index (χ3n) is 5.21. The highest BCUT2D eigenvalue weighted by Crippen LogP contribution is 2.29. The molecule has 166 valence electrons. The van der Waals surface area contributed by atoms with Crippen LogP contribution < -0.4 is 15.4 Å². The minimum Gasteiger partial charge on any atom is -0.433 e. The van der Waals surface area contributed by atoms with Gasteiger partial charge < -0.3 is 15.4 Å². The summed E-state index contributed by atoms with van der Waals surface area (Å²) in [5.74, 6) is -0.719. The summed E-state index contributed by atoms with van der Waals surface area (Å²) in [6.45, 7) is -0.0483. The van der Waals surface area contributed by atoms with E-state index in [0.717, 1.165) is 18.5 Å². The van der Waals surface area contributed by atoms with Crippen molar-refractivity contribution in [3.63, 3.8) is 0 Å². The van der Waals surface area contributed by atoms with E-state index in [2.05, 4.69) is 15.4 Å². The predicted molar refractivity (Wildman–Crippen MR) is 116 cm³/mol. The van der Waals surface area contributed by atoms with Gasteiger partial charge in [0.2, 0.25) is 11.8 Å². The third-order valence-corrected chi connectivity index (χ3v) is 5.50. The van der Waals surface area contributed by atoms with Crippen molar-refractivity contribution in [3.05, 3.63) is 53.6 Å². The molecule has 0 spiro atoms. The van der Waals surface area contributed by atoms with Crippen molar-refractivity contribution in [2.24, 2.45) is 5.92 Å². The molecule has 0 aliphatic carbocycles. The lowest BCUT2D eigenvalue weighted by Gasteiger charge is -2.35. The van der Waals surface area contributed by atoms with E-state index in [1.165, 1.54) is 18.2 Å². The highest BCUT2D eigenvalue weighted by atomic mass is 35.5. The van der Waals surface area contributed by atoms with Crippen molar-refractivity contribution < 1.29 is 23.1 Å².